The number of hydrogen-bond donors (Lipinski definition) is 5. The summed E-state index contributed by atoms with van der Waals surface area (Å²) >= 11 is 0. The van der Waals surface area contributed by atoms with Gasteiger partial charge in [-0.25, -0.2) is 0 Å². The van der Waals surface area contributed by atoms with E-state index < -0.39 is 0 Å². The van der Waals surface area contributed by atoms with Gasteiger partial charge in [0.1, 0.15) is 0 Å². The van der Waals surface area contributed by atoms with Gasteiger partial charge in [-0.15, -0.1) is 0 Å². The highest BCUT2D eigenvalue weighted by atomic mass is 16.3. The Balaban J connectivity index is 1.12. The van der Waals surface area contributed by atoms with E-state index in [1.165, 1.54) is 77.2 Å². The van der Waals surface area contributed by atoms with Crippen molar-refractivity contribution in [2.75, 3.05) is 45.8 Å². The van der Waals surface area contributed by atoms with Gasteiger partial charge < -0.3 is 26.8 Å². The molecule has 0 amide bonds. The average molecular weight is 561 g/mol. The van der Waals surface area contributed by atoms with Crippen molar-refractivity contribution in [2.45, 2.75) is 124 Å². The van der Waals surface area contributed by atoms with Gasteiger partial charge in [0.2, 0.25) is 0 Å². The van der Waals surface area contributed by atoms with Crippen LogP contribution in [-0.2, 0) is 0 Å². The van der Waals surface area contributed by atoms with E-state index in [1.807, 2.05) is 0 Å². The second-order valence-electron chi connectivity index (χ2n) is 15.3. The number of aliphatic hydroxyl groups is 1. The molecule has 234 valence electrons. The van der Waals surface area contributed by atoms with Gasteiger partial charge >= 0.3 is 0 Å². The zero-order valence-corrected chi connectivity index (χ0v) is 27.0. The van der Waals surface area contributed by atoms with Crippen LogP contribution in [0.5, 0.6) is 0 Å². The first kappa shape index (κ1) is 32.7. The summed E-state index contributed by atoms with van der Waals surface area (Å²) in [5, 5.41) is 21.2. The van der Waals surface area contributed by atoms with Crippen molar-refractivity contribution < 1.29 is 5.11 Å². The van der Waals surface area contributed by atoms with Crippen LogP contribution in [0.3, 0.4) is 0 Å². The van der Waals surface area contributed by atoms with Crippen LogP contribution in [0, 0.1) is 52.3 Å². The van der Waals surface area contributed by atoms with E-state index in [9.17, 15) is 5.11 Å². The molecule has 0 aliphatic heterocycles. The lowest BCUT2D eigenvalue weighted by molar-refractivity contribution is -0.149. The summed E-state index contributed by atoms with van der Waals surface area (Å²) in [6, 6.07) is 0. The molecule has 6 N–H and O–H groups in total. The summed E-state index contributed by atoms with van der Waals surface area (Å²) in [6.07, 6.45) is 18.1. The summed E-state index contributed by atoms with van der Waals surface area (Å²) in [5.41, 5.74) is 6.55. The Hall–Kier alpha value is -0.200. The Morgan fingerprint density at radius 2 is 1.43 bits per heavy atom. The predicted octanol–water partition coefficient (Wildman–Crippen LogP) is 5.96. The molecule has 4 fully saturated rings. The van der Waals surface area contributed by atoms with Crippen LogP contribution in [-0.4, -0.2) is 57.0 Å². The maximum atomic E-state index is 10.4. The largest absolute Gasteiger partial charge is 0.393 e. The molecular formula is C35H68N4O. The highest BCUT2D eigenvalue weighted by Crippen LogP contribution is 2.69. The van der Waals surface area contributed by atoms with E-state index in [0.29, 0.717) is 10.8 Å². The number of hydrogen-bond acceptors (Lipinski definition) is 5. The molecule has 10 atom stereocenters. The first-order valence-corrected chi connectivity index (χ1v) is 17.8. The zero-order chi connectivity index (χ0) is 28.6. The lowest BCUT2D eigenvalue weighted by Gasteiger charge is -2.63. The first-order valence-electron chi connectivity index (χ1n) is 17.8. The molecule has 0 aromatic rings. The van der Waals surface area contributed by atoms with Crippen molar-refractivity contribution in [3.05, 3.63) is 0 Å². The Labute approximate surface area is 248 Å². The summed E-state index contributed by atoms with van der Waals surface area (Å²) in [4.78, 5) is 0. The molecule has 4 rings (SSSR count). The van der Waals surface area contributed by atoms with Gasteiger partial charge in [-0.3, -0.25) is 0 Å². The van der Waals surface area contributed by atoms with Crippen LogP contribution in [0.25, 0.3) is 0 Å². The fourth-order valence-electron chi connectivity index (χ4n) is 10.7. The molecule has 0 aromatic carbocycles. The SMILES string of the molecule is CC(CCCNCCCNCCCCNCCCN)C1CCC2C3CCC4CC(O)CCC4(C)C3CC(C)C12C. The molecule has 5 nitrogen and oxygen atoms in total. The van der Waals surface area contributed by atoms with Crippen LogP contribution in [0.15, 0.2) is 0 Å². The van der Waals surface area contributed by atoms with Crippen molar-refractivity contribution >= 4 is 0 Å². The predicted molar refractivity (Wildman–Crippen MR) is 170 cm³/mol. The molecule has 0 heterocycles. The molecule has 4 saturated carbocycles. The van der Waals surface area contributed by atoms with Gasteiger partial charge in [-0.2, -0.15) is 0 Å². The number of fused-ring (bicyclic) bond motifs is 5. The topological polar surface area (TPSA) is 82.3 Å². The number of aliphatic hydroxyl groups excluding tert-OH is 1. The minimum absolute atomic E-state index is 0.0292. The molecule has 0 saturated heterocycles. The number of nitrogens with one attached hydrogen (secondary N) is 3. The smallest absolute Gasteiger partial charge is 0.0543 e. The highest BCUT2D eigenvalue weighted by Gasteiger charge is 2.62. The van der Waals surface area contributed by atoms with Gasteiger partial charge in [0.25, 0.3) is 0 Å². The van der Waals surface area contributed by atoms with Crippen molar-refractivity contribution in [3.8, 4) is 0 Å². The summed E-state index contributed by atoms with van der Waals surface area (Å²) in [6.45, 7) is 18.1. The van der Waals surface area contributed by atoms with Crippen molar-refractivity contribution in [1.29, 1.82) is 0 Å². The lowest BCUT2D eigenvalue weighted by Crippen LogP contribution is -2.56. The Morgan fingerprint density at radius 3 is 2.12 bits per heavy atom. The standard InChI is InChI=1S/C35H68N4O/c1-26(10-7-20-39-23-9-22-38-19-6-5-18-37-21-8-17-36)31-13-14-32-30-12-11-28-25-29(40)15-16-34(28,3)33(30)24-27(2)35(31,32)4/h26-33,37-40H,5-25,36H2,1-4H3. The van der Waals surface area contributed by atoms with Gasteiger partial charge in [-0.05, 0) is 188 Å². The van der Waals surface area contributed by atoms with Gasteiger partial charge in [0.05, 0.1) is 6.10 Å². The molecule has 0 radical (unpaired) electrons. The first-order chi connectivity index (χ1) is 19.3. The lowest BCUT2D eigenvalue weighted by atomic mass is 9.42. The molecule has 5 heteroatoms. The van der Waals surface area contributed by atoms with E-state index in [2.05, 4.69) is 43.6 Å². The third-order valence-electron chi connectivity index (χ3n) is 13.2. The van der Waals surface area contributed by atoms with E-state index in [4.69, 9.17) is 5.73 Å². The molecule has 4 aliphatic rings. The fourth-order valence-corrected chi connectivity index (χ4v) is 10.7. The third-order valence-corrected chi connectivity index (χ3v) is 13.2. The molecule has 0 spiro atoms. The van der Waals surface area contributed by atoms with Crippen LogP contribution in [0.4, 0.5) is 0 Å². The van der Waals surface area contributed by atoms with Gasteiger partial charge in [0.15, 0.2) is 0 Å². The molecule has 4 aliphatic carbocycles. The summed E-state index contributed by atoms with van der Waals surface area (Å²) in [5.74, 6) is 6.16. The maximum absolute atomic E-state index is 10.4. The van der Waals surface area contributed by atoms with Crippen LogP contribution in [0.2, 0.25) is 0 Å². The Bertz CT molecular complexity index is 734. The van der Waals surface area contributed by atoms with E-state index in [0.717, 1.165) is 100.0 Å². The van der Waals surface area contributed by atoms with E-state index >= 15 is 0 Å². The van der Waals surface area contributed by atoms with Gasteiger partial charge in [0, 0.05) is 0 Å². The maximum Gasteiger partial charge on any atom is 0.0543 e. The number of rotatable bonds is 17. The minimum atomic E-state index is -0.0292. The van der Waals surface area contributed by atoms with Crippen LogP contribution < -0.4 is 21.7 Å². The summed E-state index contributed by atoms with van der Waals surface area (Å²) in [7, 11) is 0. The van der Waals surface area contributed by atoms with E-state index in [-0.39, 0.29) is 6.10 Å². The molecule has 10 unspecified atom stereocenters. The average Bonchev–Trinajstić information content (AvgIpc) is 3.30. The second-order valence-corrected chi connectivity index (χ2v) is 15.3. The molecule has 0 aromatic heterocycles. The monoisotopic (exact) mass is 561 g/mol. The normalized spacial score (nSPS) is 39.9. The fraction of sp³-hybridized carbons (Fsp3) is 1.00. The van der Waals surface area contributed by atoms with Crippen LogP contribution in [0.1, 0.15) is 118 Å². The second kappa shape index (κ2) is 15.5. The zero-order valence-electron chi connectivity index (χ0n) is 27.0. The van der Waals surface area contributed by atoms with Crippen molar-refractivity contribution in [2.24, 2.45) is 58.0 Å². The van der Waals surface area contributed by atoms with Crippen molar-refractivity contribution in [3.63, 3.8) is 0 Å². The molecule has 0 bridgehead atoms. The molecule has 40 heavy (non-hydrogen) atoms. The summed E-state index contributed by atoms with van der Waals surface area (Å²) < 4.78 is 0. The van der Waals surface area contributed by atoms with Crippen LogP contribution >= 0.6 is 0 Å². The quantitative estimate of drug-likeness (QED) is 0.142. The van der Waals surface area contributed by atoms with Crippen molar-refractivity contribution in [1.82, 2.24) is 16.0 Å². The number of unbranched alkanes of at least 4 members (excludes halogenated alkanes) is 1. The Morgan fingerprint density at radius 1 is 0.775 bits per heavy atom. The van der Waals surface area contributed by atoms with E-state index in [1.54, 1.807) is 0 Å². The van der Waals surface area contributed by atoms with Gasteiger partial charge in [-0.1, -0.05) is 27.7 Å². The third kappa shape index (κ3) is 7.47. The Kier molecular flexibility index (Phi) is 12.7. The molecular weight excluding hydrogens is 492 g/mol. The number of nitrogens with two attached hydrogens (primary N) is 1. The minimum Gasteiger partial charge on any atom is -0.393 e. The highest BCUT2D eigenvalue weighted by molar-refractivity contribution is 5.11.